The third-order valence-corrected chi connectivity index (χ3v) is 6.77. The predicted molar refractivity (Wildman–Crippen MR) is 113 cm³/mol. The monoisotopic (exact) mass is 491 g/mol. The molecule has 2 fully saturated rings. The van der Waals surface area contributed by atoms with Crippen molar-refractivity contribution in [3.63, 3.8) is 0 Å². The molecule has 6 heteroatoms. The molecule has 0 N–H and O–H groups in total. The number of benzene rings is 2. The molecule has 28 heavy (non-hydrogen) atoms. The van der Waals surface area contributed by atoms with E-state index in [9.17, 15) is 4.79 Å². The van der Waals surface area contributed by atoms with Crippen molar-refractivity contribution in [1.29, 1.82) is 0 Å². The van der Waals surface area contributed by atoms with Gasteiger partial charge in [-0.3, -0.25) is 4.79 Å². The first-order valence-corrected chi connectivity index (χ1v) is 10.6. The minimum absolute atomic E-state index is 0.0256. The minimum atomic E-state index is -0.601. The average Bonchev–Trinajstić information content (AvgIpc) is 3.38. The number of rotatable bonds is 4. The molecule has 1 spiro atoms. The van der Waals surface area contributed by atoms with Gasteiger partial charge in [-0.25, -0.2) is 0 Å². The van der Waals surface area contributed by atoms with Gasteiger partial charge in [0.2, 0.25) is 0 Å². The van der Waals surface area contributed by atoms with E-state index in [0.717, 1.165) is 36.3 Å². The lowest BCUT2D eigenvalue weighted by molar-refractivity contribution is -0.178. The van der Waals surface area contributed by atoms with Crippen LogP contribution in [0.5, 0.6) is 11.5 Å². The van der Waals surface area contributed by atoms with Gasteiger partial charge in [-0.05, 0) is 70.8 Å². The summed E-state index contributed by atoms with van der Waals surface area (Å²) in [6.45, 7) is 0.504. The molecular formula is C22H22INO4. The Balaban J connectivity index is 1.54. The number of ether oxygens (including phenoxy) is 3. The third kappa shape index (κ3) is 2.80. The van der Waals surface area contributed by atoms with Gasteiger partial charge in [-0.2, -0.15) is 0 Å². The number of hydrogen-bond donors (Lipinski definition) is 0. The van der Waals surface area contributed by atoms with Gasteiger partial charge in [0, 0.05) is 21.6 Å². The molecule has 1 aliphatic heterocycles. The molecule has 146 valence electrons. The molecule has 1 saturated heterocycles. The Kier molecular flexibility index (Phi) is 4.32. The predicted octanol–water partition coefficient (Wildman–Crippen LogP) is 3.87. The van der Waals surface area contributed by atoms with Crippen LogP contribution in [0.15, 0.2) is 36.4 Å². The van der Waals surface area contributed by atoms with Crippen molar-refractivity contribution in [3.8, 4) is 11.5 Å². The van der Waals surface area contributed by atoms with E-state index in [2.05, 4.69) is 40.8 Å². The van der Waals surface area contributed by atoms with Gasteiger partial charge in [0.05, 0.1) is 32.9 Å². The molecule has 5 rings (SSSR count). The number of halogens is 1. The SMILES string of the molecule is COc1ccc(CN2C(=O)C3(CC3)O[C@H]3Cc4cc(I)ccc4[C@H]32)c(OC)c1. The van der Waals surface area contributed by atoms with E-state index < -0.39 is 5.60 Å². The Labute approximate surface area is 178 Å². The van der Waals surface area contributed by atoms with Crippen LogP contribution in [0.4, 0.5) is 0 Å². The summed E-state index contributed by atoms with van der Waals surface area (Å²) in [6, 6.07) is 12.2. The number of methoxy groups -OCH3 is 2. The van der Waals surface area contributed by atoms with Crippen LogP contribution in [0, 0.1) is 3.57 Å². The number of morpholine rings is 1. The Morgan fingerprint density at radius 1 is 1.18 bits per heavy atom. The quantitative estimate of drug-likeness (QED) is 0.610. The lowest BCUT2D eigenvalue weighted by Gasteiger charge is -2.42. The van der Waals surface area contributed by atoms with E-state index in [-0.39, 0.29) is 18.1 Å². The van der Waals surface area contributed by atoms with Gasteiger partial charge >= 0.3 is 0 Å². The summed E-state index contributed by atoms with van der Waals surface area (Å²) in [4.78, 5) is 15.4. The van der Waals surface area contributed by atoms with Crippen LogP contribution in [0.2, 0.25) is 0 Å². The lowest BCUT2D eigenvalue weighted by atomic mass is 10.0. The van der Waals surface area contributed by atoms with Crippen molar-refractivity contribution < 1.29 is 19.0 Å². The number of fused-ring (bicyclic) bond motifs is 3. The number of hydrogen-bond acceptors (Lipinski definition) is 4. The summed E-state index contributed by atoms with van der Waals surface area (Å²) in [5.41, 5.74) is 2.88. The topological polar surface area (TPSA) is 48.0 Å². The maximum absolute atomic E-state index is 13.4. The summed E-state index contributed by atoms with van der Waals surface area (Å²) in [5, 5.41) is 0. The standard InChI is InChI=1S/C22H22INO4/c1-26-16-5-3-13(18(11-16)27-2)12-24-20-17-6-4-15(23)9-14(17)10-19(20)28-22(7-8-22)21(24)25/h3-6,9,11,19-20H,7-8,10,12H2,1-2H3/t19-,20+/m0/s1. The Morgan fingerprint density at radius 2 is 2.00 bits per heavy atom. The van der Waals surface area contributed by atoms with Gasteiger partial charge in [-0.1, -0.05) is 6.07 Å². The van der Waals surface area contributed by atoms with Crippen LogP contribution in [-0.4, -0.2) is 36.7 Å². The molecule has 1 saturated carbocycles. The average molecular weight is 491 g/mol. The van der Waals surface area contributed by atoms with Crippen LogP contribution in [0.3, 0.4) is 0 Å². The van der Waals surface area contributed by atoms with Crippen LogP contribution < -0.4 is 9.47 Å². The highest BCUT2D eigenvalue weighted by Crippen LogP contribution is 2.53. The molecule has 0 radical (unpaired) electrons. The number of carbonyl (C=O) groups is 1. The summed E-state index contributed by atoms with van der Waals surface area (Å²) >= 11 is 2.34. The third-order valence-electron chi connectivity index (χ3n) is 6.10. The molecule has 0 aromatic heterocycles. The van der Waals surface area contributed by atoms with E-state index in [1.807, 2.05) is 23.1 Å². The number of nitrogens with zero attached hydrogens (tertiary/aromatic N) is 1. The zero-order valence-electron chi connectivity index (χ0n) is 15.9. The van der Waals surface area contributed by atoms with Crippen LogP contribution >= 0.6 is 22.6 Å². The lowest BCUT2D eigenvalue weighted by Crippen LogP contribution is -2.53. The molecule has 5 nitrogen and oxygen atoms in total. The van der Waals surface area contributed by atoms with Crippen molar-refractivity contribution in [1.82, 2.24) is 4.90 Å². The Morgan fingerprint density at radius 3 is 2.71 bits per heavy atom. The fourth-order valence-electron chi connectivity index (χ4n) is 4.55. The first-order chi connectivity index (χ1) is 13.5. The molecule has 0 unspecified atom stereocenters. The van der Waals surface area contributed by atoms with E-state index in [1.165, 1.54) is 14.7 Å². The Hall–Kier alpha value is -1.80. The highest BCUT2D eigenvalue weighted by atomic mass is 127. The number of carbonyl (C=O) groups excluding carboxylic acids is 1. The van der Waals surface area contributed by atoms with Crippen molar-refractivity contribution in [2.75, 3.05) is 14.2 Å². The van der Waals surface area contributed by atoms with Gasteiger partial charge < -0.3 is 19.1 Å². The highest BCUT2D eigenvalue weighted by Gasteiger charge is 2.61. The molecule has 1 heterocycles. The minimum Gasteiger partial charge on any atom is -0.497 e. The number of amides is 1. The fourth-order valence-corrected chi connectivity index (χ4v) is 5.11. The van der Waals surface area contributed by atoms with Gasteiger partial charge in [0.25, 0.3) is 5.91 Å². The van der Waals surface area contributed by atoms with E-state index in [1.54, 1.807) is 14.2 Å². The van der Waals surface area contributed by atoms with E-state index in [0.29, 0.717) is 6.54 Å². The second-order valence-corrected chi connectivity index (χ2v) is 9.00. The molecule has 2 aromatic rings. The summed E-state index contributed by atoms with van der Waals surface area (Å²) in [7, 11) is 3.29. The largest absolute Gasteiger partial charge is 0.497 e. The molecule has 2 aliphatic carbocycles. The second kappa shape index (κ2) is 6.62. The van der Waals surface area contributed by atoms with Crippen molar-refractivity contribution >= 4 is 28.5 Å². The van der Waals surface area contributed by atoms with Crippen LogP contribution in [0.25, 0.3) is 0 Å². The van der Waals surface area contributed by atoms with Crippen molar-refractivity contribution in [2.24, 2.45) is 0 Å². The molecule has 3 aliphatic rings. The highest BCUT2D eigenvalue weighted by molar-refractivity contribution is 14.1. The molecule has 2 atom stereocenters. The Bertz CT molecular complexity index is 956. The van der Waals surface area contributed by atoms with Gasteiger partial charge in [-0.15, -0.1) is 0 Å². The summed E-state index contributed by atoms with van der Waals surface area (Å²) < 4.78 is 18.5. The molecule has 1 amide bonds. The first-order valence-electron chi connectivity index (χ1n) is 9.53. The summed E-state index contributed by atoms with van der Waals surface area (Å²) in [5.74, 6) is 1.59. The van der Waals surface area contributed by atoms with Gasteiger partial charge in [0.15, 0.2) is 0 Å². The fraction of sp³-hybridized carbons (Fsp3) is 0.409. The van der Waals surface area contributed by atoms with Crippen LogP contribution in [-0.2, 0) is 22.5 Å². The van der Waals surface area contributed by atoms with Crippen molar-refractivity contribution in [2.45, 2.75) is 43.6 Å². The molecule has 2 aromatic carbocycles. The smallest absolute Gasteiger partial charge is 0.255 e. The maximum atomic E-state index is 13.4. The van der Waals surface area contributed by atoms with Crippen molar-refractivity contribution in [3.05, 3.63) is 56.7 Å². The zero-order valence-corrected chi connectivity index (χ0v) is 18.1. The molecular weight excluding hydrogens is 469 g/mol. The normalized spacial score (nSPS) is 24.1. The molecule has 0 bridgehead atoms. The maximum Gasteiger partial charge on any atom is 0.255 e. The van der Waals surface area contributed by atoms with Crippen LogP contribution in [0.1, 0.15) is 35.6 Å². The zero-order chi connectivity index (χ0) is 19.5. The van der Waals surface area contributed by atoms with Gasteiger partial charge in [0.1, 0.15) is 17.1 Å². The summed E-state index contributed by atoms with van der Waals surface area (Å²) in [6.07, 6.45) is 2.53. The first kappa shape index (κ1) is 18.2. The second-order valence-electron chi connectivity index (χ2n) is 7.75. The van der Waals surface area contributed by atoms with E-state index >= 15 is 0 Å². The van der Waals surface area contributed by atoms with E-state index in [4.69, 9.17) is 14.2 Å².